The first-order valence-electron chi connectivity index (χ1n) is 3.46. The number of aliphatic hydroxyl groups is 1. The van der Waals surface area contributed by atoms with Crippen molar-refractivity contribution in [2.24, 2.45) is 0 Å². The molecule has 12 heavy (non-hydrogen) atoms. The van der Waals surface area contributed by atoms with Crippen molar-refractivity contribution in [3.05, 3.63) is 0 Å². The van der Waals surface area contributed by atoms with Crippen LogP contribution in [0.15, 0.2) is 0 Å². The van der Waals surface area contributed by atoms with E-state index in [1.165, 1.54) is 4.90 Å². The summed E-state index contributed by atoms with van der Waals surface area (Å²) in [4.78, 5) is 1.45. The quantitative estimate of drug-likeness (QED) is 0.517. The summed E-state index contributed by atoms with van der Waals surface area (Å²) in [5.74, 6) is 0. The number of halogens is 3. The Morgan fingerprint density at radius 3 is 2.08 bits per heavy atom. The molecule has 0 atom stereocenters. The van der Waals surface area contributed by atoms with Crippen LogP contribution in [0.2, 0.25) is 6.32 Å². The average molecular weight is 209 g/mol. The Hall–Kier alpha value is 1.41. The monoisotopic (exact) mass is 209 g/mol. The molecule has 0 rings (SSSR count). The molecule has 0 unspecified atom stereocenters. The second-order valence-corrected chi connectivity index (χ2v) is 2.53. The molecule has 0 bridgehead atoms. The smallest absolute Gasteiger partial charge is 0.449 e. The van der Waals surface area contributed by atoms with Gasteiger partial charge in [-0.15, -0.1) is 0 Å². The van der Waals surface area contributed by atoms with Crippen molar-refractivity contribution in [2.75, 3.05) is 26.7 Å². The Balaban J connectivity index is 0. The molecule has 0 saturated heterocycles. The summed E-state index contributed by atoms with van der Waals surface area (Å²) in [6.07, 6.45) is -0.753. The van der Waals surface area contributed by atoms with E-state index in [1.807, 2.05) is 0 Å². The third kappa shape index (κ3) is 11.4. The number of hydrogen-bond acceptors (Lipinski definition) is 2. The second-order valence-electron chi connectivity index (χ2n) is 2.53. The number of aliphatic hydroxyl groups excluding tert-OH is 1. The summed E-state index contributed by atoms with van der Waals surface area (Å²) in [5, 5.41) is 8.35. The van der Waals surface area contributed by atoms with Crippen LogP contribution in [-0.2, 0) is 0 Å². The van der Waals surface area contributed by atoms with Crippen LogP contribution in [0.3, 0.4) is 0 Å². The zero-order chi connectivity index (χ0) is 8.91. The molecule has 1 N–H and O–H groups in total. The Morgan fingerprint density at radius 1 is 1.25 bits per heavy atom. The van der Waals surface area contributed by atoms with E-state index >= 15 is 0 Å². The minimum Gasteiger partial charge on any atom is -0.449 e. The summed E-state index contributed by atoms with van der Waals surface area (Å²) in [6, 6.07) is 0. The second kappa shape index (κ2) is 7.78. The van der Waals surface area contributed by atoms with E-state index in [0.717, 1.165) is 0 Å². The van der Waals surface area contributed by atoms with Gasteiger partial charge < -0.3 is 23.0 Å². The molecule has 68 valence electrons. The van der Waals surface area contributed by atoms with Gasteiger partial charge in [-0.05, 0) is 13.6 Å². The zero-order valence-corrected chi connectivity index (χ0v) is 10.6. The molecule has 0 spiro atoms. The summed E-state index contributed by atoms with van der Waals surface area (Å²) in [6.45, 7) is -4.49. The fourth-order valence-corrected chi connectivity index (χ4v) is 0.649. The van der Waals surface area contributed by atoms with Crippen LogP contribution in [0, 0.1) is 0 Å². The summed E-state index contributed by atoms with van der Waals surface area (Å²) < 4.78 is 34.9. The van der Waals surface area contributed by atoms with Crippen LogP contribution < -0.4 is 51.4 Å². The van der Waals surface area contributed by atoms with Gasteiger partial charge >= 0.3 is 58.4 Å². The summed E-state index contributed by atoms with van der Waals surface area (Å²) >= 11 is 0. The summed E-state index contributed by atoms with van der Waals surface area (Å²) in [5.41, 5.74) is 0. The van der Waals surface area contributed by atoms with Crippen molar-refractivity contribution in [2.45, 2.75) is 6.32 Å². The molecule has 0 aromatic carbocycles. The van der Waals surface area contributed by atoms with Crippen LogP contribution in [0.1, 0.15) is 0 Å². The van der Waals surface area contributed by atoms with E-state index in [4.69, 9.17) is 5.11 Å². The van der Waals surface area contributed by atoms with E-state index < -0.39 is 13.3 Å². The molecule has 7 heteroatoms. The first-order chi connectivity index (χ1) is 4.95. The molecular formula is C5H12BF3KNO. The first kappa shape index (κ1) is 15.9. The molecular weight excluding hydrogens is 197 g/mol. The van der Waals surface area contributed by atoms with E-state index in [-0.39, 0.29) is 64.5 Å². The maximum absolute atomic E-state index is 11.6. The van der Waals surface area contributed by atoms with Crippen LogP contribution >= 0.6 is 0 Å². The Kier molecular flexibility index (Phi) is 10.3. The largest absolute Gasteiger partial charge is 1.00 e. The molecule has 0 aliphatic heterocycles. The van der Waals surface area contributed by atoms with Gasteiger partial charge in [0, 0.05) is 6.54 Å². The van der Waals surface area contributed by atoms with Gasteiger partial charge in [-0.2, -0.15) is 0 Å². The maximum atomic E-state index is 11.6. The Bertz CT molecular complexity index is 113. The summed E-state index contributed by atoms with van der Waals surface area (Å²) in [7, 11) is 1.55. The molecule has 0 aromatic rings. The topological polar surface area (TPSA) is 23.5 Å². The third-order valence-electron chi connectivity index (χ3n) is 1.32. The van der Waals surface area contributed by atoms with Gasteiger partial charge in [0.05, 0.1) is 6.61 Å². The van der Waals surface area contributed by atoms with Crippen LogP contribution in [-0.4, -0.2) is 43.7 Å². The van der Waals surface area contributed by atoms with Crippen molar-refractivity contribution < 1.29 is 69.4 Å². The van der Waals surface area contributed by atoms with Gasteiger partial charge in [0.15, 0.2) is 0 Å². The third-order valence-corrected chi connectivity index (χ3v) is 1.32. The minimum absolute atomic E-state index is 0. The predicted molar refractivity (Wildman–Crippen MR) is 38.5 cm³/mol. The SMILES string of the molecule is CN(CCO)CC[B-](F)(F)F.[K+]. The minimum atomic E-state index is -4.67. The van der Waals surface area contributed by atoms with Crippen molar-refractivity contribution in [3.63, 3.8) is 0 Å². The van der Waals surface area contributed by atoms with Gasteiger partial charge in [0.2, 0.25) is 0 Å². The molecule has 0 aliphatic carbocycles. The van der Waals surface area contributed by atoms with E-state index in [0.29, 0.717) is 6.54 Å². The number of nitrogens with zero attached hydrogens (tertiary/aromatic N) is 1. The molecule has 0 heterocycles. The fraction of sp³-hybridized carbons (Fsp3) is 1.00. The molecule has 0 radical (unpaired) electrons. The molecule has 0 aromatic heterocycles. The van der Waals surface area contributed by atoms with Crippen LogP contribution in [0.25, 0.3) is 0 Å². The van der Waals surface area contributed by atoms with Gasteiger partial charge in [0.25, 0.3) is 0 Å². The van der Waals surface area contributed by atoms with Gasteiger partial charge in [0.1, 0.15) is 0 Å². The Morgan fingerprint density at radius 2 is 1.75 bits per heavy atom. The first-order valence-corrected chi connectivity index (χ1v) is 3.46. The normalized spacial score (nSPS) is 11.5. The number of hydrogen-bond donors (Lipinski definition) is 1. The average Bonchev–Trinajstić information content (AvgIpc) is 1.83. The van der Waals surface area contributed by atoms with Gasteiger partial charge in [-0.3, -0.25) is 0 Å². The maximum Gasteiger partial charge on any atom is 1.00 e. The molecule has 0 amide bonds. The molecule has 0 aliphatic rings. The standard InChI is InChI=1S/C5H12BF3NO.K/c1-10(4-5-11)3-2-6(7,8)9;/h11H,2-5H2,1H3;/q-1;+1. The predicted octanol–water partition coefficient (Wildman–Crippen LogP) is -2.24. The van der Waals surface area contributed by atoms with E-state index in [1.54, 1.807) is 7.05 Å². The van der Waals surface area contributed by atoms with Gasteiger partial charge in [-0.1, -0.05) is 6.32 Å². The number of rotatable bonds is 5. The molecule has 0 fully saturated rings. The fourth-order valence-electron chi connectivity index (χ4n) is 0.649. The Labute approximate surface area is 113 Å². The van der Waals surface area contributed by atoms with Crippen LogP contribution in [0.4, 0.5) is 12.9 Å². The molecule has 0 saturated carbocycles. The van der Waals surface area contributed by atoms with E-state index in [2.05, 4.69) is 0 Å². The van der Waals surface area contributed by atoms with Crippen molar-refractivity contribution in [3.8, 4) is 0 Å². The number of likely N-dealkylation sites (N-methyl/N-ethyl adjacent to an activating group) is 1. The van der Waals surface area contributed by atoms with Crippen molar-refractivity contribution in [1.29, 1.82) is 0 Å². The zero-order valence-electron chi connectivity index (χ0n) is 7.43. The van der Waals surface area contributed by atoms with Crippen molar-refractivity contribution in [1.82, 2.24) is 4.90 Å². The van der Waals surface area contributed by atoms with Gasteiger partial charge in [-0.25, -0.2) is 0 Å². The molecule has 2 nitrogen and oxygen atoms in total. The van der Waals surface area contributed by atoms with Crippen LogP contribution in [0.5, 0.6) is 0 Å². The van der Waals surface area contributed by atoms with E-state index in [9.17, 15) is 12.9 Å². The van der Waals surface area contributed by atoms with Crippen molar-refractivity contribution >= 4 is 6.98 Å².